The van der Waals surface area contributed by atoms with Crippen molar-refractivity contribution >= 4 is 28.0 Å². The predicted molar refractivity (Wildman–Crippen MR) is 127 cm³/mol. The van der Waals surface area contributed by atoms with Gasteiger partial charge in [0.05, 0.1) is 10.4 Å². The number of piperidine rings is 1. The molecule has 1 aliphatic heterocycles. The van der Waals surface area contributed by atoms with E-state index in [1.54, 1.807) is 4.68 Å². The molecule has 0 atom stereocenters. The van der Waals surface area contributed by atoms with Crippen LogP contribution >= 0.6 is 12.2 Å². The number of thiocarbonyl (C=S) groups is 1. The third kappa shape index (κ3) is 4.10. The van der Waals surface area contributed by atoms with E-state index in [1.807, 2.05) is 0 Å². The Morgan fingerprint density at radius 1 is 1.14 bits per heavy atom. The smallest absolute Gasteiger partial charge is 0.0693 e. The molecule has 0 radical (unpaired) electrons. The van der Waals surface area contributed by atoms with E-state index < -0.39 is 0 Å². The van der Waals surface area contributed by atoms with Gasteiger partial charge in [-0.2, -0.15) is 0 Å². The van der Waals surface area contributed by atoms with Crippen molar-refractivity contribution in [3.05, 3.63) is 70.9 Å². The van der Waals surface area contributed by atoms with Crippen molar-refractivity contribution in [3.8, 4) is 0 Å². The number of aromatic nitrogens is 1. The fourth-order valence-electron chi connectivity index (χ4n) is 4.67. The number of fused-ring (bicyclic) bond motifs is 1. The highest BCUT2D eigenvalue weighted by Crippen LogP contribution is 2.35. The third-order valence-electron chi connectivity index (χ3n) is 6.17. The summed E-state index contributed by atoms with van der Waals surface area (Å²) in [7, 11) is 0. The number of nitrogens with two attached hydrogens (primary N) is 1. The van der Waals surface area contributed by atoms with Crippen molar-refractivity contribution in [2.45, 2.75) is 39.5 Å². The van der Waals surface area contributed by atoms with E-state index in [-0.39, 0.29) is 0 Å². The van der Waals surface area contributed by atoms with E-state index in [2.05, 4.69) is 74.3 Å². The molecule has 2 heterocycles. The van der Waals surface area contributed by atoms with E-state index >= 15 is 0 Å². The number of rotatable bonds is 5. The monoisotopic (exact) mass is 405 g/mol. The van der Waals surface area contributed by atoms with Crippen LogP contribution < -0.4 is 5.84 Å². The molecule has 0 unspecified atom stereocenters. The van der Waals surface area contributed by atoms with Crippen LogP contribution in [0.3, 0.4) is 0 Å². The second kappa shape index (κ2) is 8.29. The van der Waals surface area contributed by atoms with Gasteiger partial charge in [-0.1, -0.05) is 56.4 Å². The zero-order chi connectivity index (χ0) is 20.5. The number of hydrogen-bond donors (Lipinski definition) is 1. The summed E-state index contributed by atoms with van der Waals surface area (Å²) in [5.74, 6) is 7.60. The molecular formula is C25H31N3S. The molecule has 0 spiro atoms. The third-order valence-corrected chi connectivity index (χ3v) is 6.62. The number of aryl methyl sites for hydroxylation is 1. The van der Waals surface area contributed by atoms with Crippen molar-refractivity contribution in [1.82, 2.24) is 9.58 Å². The highest BCUT2D eigenvalue weighted by Gasteiger charge is 2.24. The van der Waals surface area contributed by atoms with Crippen LogP contribution in [0.5, 0.6) is 0 Å². The summed E-state index contributed by atoms with van der Waals surface area (Å²) in [6, 6.07) is 14.8. The molecule has 1 fully saturated rings. The molecule has 3 aromatic rings. The summed E-state index contributed by atoms with van der Waals surface area (Å²) in [5, 5.41) is 1.25. The van der Waals surface area contributed by atoms with Gasteiger partial charge in [0.1, 0.15) is 0 Å². The maximum atomic E-state index is 6.31. The molecule has 1 aromatic heterocycles. The first-order valence-corrected chi connectivity index (χ1v) is 11.1. The van der Waals surface area contributed by atoms with E-state index in [1.165, 1.54) is 49.0 Å². The normalized spacial score (nSPS) is 16.0. The first-order chi connectivity index (χ1) is 13.9. The zero-order valence-electron chi connectivity index (χ0n) is 17.7. The largest absolute Gasteiger partial charge is 0.339 e. The molecule has 2 aromatic carbocycles. The molecule has 1 saturated heterocycles. The van der Waals surface area contributed by atoms with Crippen molar-refractivity contribution < 1.29 is 0 Å². The average Bonchev–Trinajstić information content (AvgIpc) is 3.04. The van der Waals surface area contributed by atoms with E-state index in [0.717, 1.165) is 27.4 Å². The summed E-state index contributed by atoms with van der Waals surface area (Å²) >= 11 is 5.85. The summed E-state index contributed by atoms with van der Waals surface area (Å²) in [4.78, 5) is 3.51. The van der Waals surface area contributed by atoms with Gasteiger partial charge in [0.15, 0.2) is 0 Å². The van der Waals surface area contributed by atoms with Crippen LogP contribution in [0, 0.1) is 12.8 Å². The maximum Gasteiger partial charge on any atom is 0.0693 e. The van der Waals surface area contributed by atoms with Crippen molar-refractivity contribution in [2.75, 3.05) is 25.5 Å². The summed E-state index contributed by atoms with van der Waals surface area (Å²) < 4.78 is 1.78. The Labute approximate surface area is 179 Å². The van der Waals surface area contributed by atoms with Crippen molar-refractivity contribution in [1.29, 1.82) is 0 Å². The molecule has 3 nitrogen and oxygen atoms in total. The number of nitrogens with zero attached hydrogens (tertiary/aromatic N) is 2. The molecule has 0 amide bonds. The lowest BCUT2D eigenvalue weighted by Gasteiger charge is -2.33. The molecule has 1 aliphatic rings. The molecule has 0 saturated carbocycles. The Hall–Kier alpha value is -2.17. The van der Waals surface area contributed by atoms with Gasteiger partial charge < -0.3 is 10.7 Å². The Morgan fingerprint density at radius 2 is 1.86 bits per heavy atom. The van der Waals surface area contributed by atoms with E-state index in [0.29, 0.717) is 5.92 Å². The molecular weight excluding hydrogens is 374 g/mol. The minimum absolute atomic E-state index is 0.563. The van der Waals surface area contributed by atoms with Crippen LogP contribution in [0.4, 0.5) is 0 Å². The molecule has 0 aliphatic carbocycles. The van der Waals surface area contributed by atoms with Crippen LogP contribution in [-0.2, 0) is 0 Å². The van der Waals surface area contributed by atoms with Crippen LogP contribution in [0.2, 0.25) is 0 Å². The van der Waals surface area contributed by atoms with Gasteiger partial charge in [-0.15, -0.1) is 0 Å². The van der Waals surface area contributed by atoms with Crippen LogP contribution in [0.1, 0.15) is 54.9 Å². The van der Waals surface area contributed by atoms with Gasteiger partial charge in [0.2, 0.25) is 0 Å². The van der Waals surface area contributed by atoms with Crippen LogP contribution in [-0.4, -0.2) is 34.1 Å². The number of likely N-dealkylation sites (tertiary alicyclic amines) is 1. The van der Waals surface area contributed by atoms with Crippen LogP contribution in [0.15, 0.2) is 48.7 Å². The van der Waals surface area contributed by atoms with Gasteiger partial charge in [-0.05, 0) is 79.1 Å². The van der Waals surface area contributed by atoms with Gasteiger partial charge >= 0.3 is 0 Å². The SMILES string of the molecule is Cc1ccccc1C(=S)c1ccc2c(c1)c(C1CCN(CC(C)C)CC1)cn2N. The Kier molecular flexibility index (Phi) is 5.75. The number of nitrogen functional groups attached to an aromatic ring is 1. The first-order valence-electron chi connectivity index (χ1n) is 10.7. The Bertz CT molecular complexity index is 1030. The van der Waals surface area contributed by atoms with Gasteiger partial charge in [-0.3, -0.25) is 4.68 Å². The topological polar surface area (TPSA) is 34.2 Å². The second-order valence-electron chi connectivity index (χ2n) is 8.84. The molecule has 4 heteroatoms. The van der Waals surface area contributed by atoms with Gasteiger partial charge in [0.25, 0.3) is 0 Å². The summed E-state index contributed by atoms with van der Waals surface area (Å²) in [6.45, 7) is 10.2. The van der Waals surface area contributed by atoms with E-state index in [4.69, 9.17) is 18.1 Å². The Morgan fingerprint density at radius 3 is 2.55 bits per heavy atom. The average molecular weight is 406 g/mol. The van der Waals surface area contributed by atoms with Gasteiger partial charge in [0, 0.05) is 18.1 Å². The molecule has 2 N–H and O–H groups in total. The highest BCUT2D eigenvalue weighted by atomic mass is 32.1. The standard InChI is InChI=1S/C25H31N3S/c1-17(2)15-27-12-10-19(11-13-27)23-16-28(26)24-9-8-20(14-22(23)24)25(29)21-7-5-4-6-18(21)3/h4-9,14,16-17,19H,10-13,15,26H2,1-3H3. The van der Waals surface area contributed by atoms with Crippen molar-refractivity contribution in [2.24, 2.45) is 5.92 Å². The maximum absolute atomic E-state index is 6.31. The summed E-state index contributed by atoms with van der Waals surface area (Å²) in [6.07, 6.45) is 4.52. The summed E-state index contributed by atoms with van der Waals surface area (Å²) in [5.41, 5.74) is 5.91. The predicted octanol–water partition coefficient (Wildman–Crippen LogP) is 5.27. The lowest BCUT2D eigenvalue weighted by molar-refractivity contribution is 0.192. The lowest BCUT2D eigenvalue weighted by Crippen LogP contribution is -2.35. The minimum atomic E-state index is 0.563. The van der Waals surface area contributed by atoms with Gasteiger partial charge in [-0.25, -0.2) is 0 Å². The molecule has 29 heavy (non-hydrogen) atoms. The molecule has 0 bridgehead atoms. The Balaban J connectivity index is 1.64. The fraction of sp³-hybridized carbons (Fsp3) is 0.400. The van der Waals surface area contributed by atoms with Crippen molar-refractivity contribution in [3.63, 3.8) is 0 Å². The van der Waals surface area contributed by atoms with Crippen LogP contribution in [0.25, 0.3) is 10.9 Å². The number of hydrogen-bond acceptors (Lipinski definition) is 3. The fourth-order valence-corrected chi connectivity index (χ4v) is 5.03. The second-order valence-corrected chi connectivity index (χ2v) is 9.24. The molecule has 152 valence electrons. The first kappa shape index (κ1) is 20.1. The molecule has 4 rings (SSSR count). The zero-order valence-corrected chi connectivity index (χ0v) is 18.5. The minimum Gasteiger partial charge on any atom is -0.339 e. The highest BCUT2D eigenvalue weighted by molar-refractivity contribution is 7.81. The number of benzene rings is 2. The quantitative estimate of drug-likeness (QED) is 0.357. The lowest BCUT2D eigenvalue weighted by atomic mass is 9.88. The van der Waals surface area contributed by atoms with E-state index in [9.17, 15) is 0 Å².